The molecule has 1 aliphatic carbocycles. The van der Waals surface area contributed by atoms with Crippen molar-refractivity contribution in [3.05, 3.63) is 22.1 Å². The Morgan fingerprint density at radius 3 is 2.62 bits per heavy atom. The molecule has 2 nitrogen and oxygen atoms in total. The molecule has 0 amide bonds. The first kappa shape index (κ1) is 8.83. The summed E-state index contributed by atoms with van der Waals surface area (Å²) >= 11 is 3.28. The molecule has 0 N–H and O–H groups in total. The van der Waals surface area contributed by atoms with Crippen LogP contribution in [0.2, 0.25) is 0 Å². The molecule has 0 atom stereocenters. The lowest BCUT2D eigenvalue weighted by Gasteiger charge is -2.33. The van der Waals surface area contributed by atoms with Crippen molar-refractivity contribution < 1.29 is 4.42 Å². The number of furan rings is 1. The third-order valence-electron chi connectivity index (χ3n) is 2.74. The van der Waals surface area contributed by atoms with E-state index in [0.717, 1.165) is 35.3 Å². The third-order valence-corrected chi connectivity index (χ3v) is 3.13. The molecule has 1 saturated carbocycles. The van der Waals surface area contributed by atoms with Gasteiger partial charge in [0, 0.05) is 0 Å². The summed E-state index contributed by atoms with van der Waals surface area (Å²) in [5.41, 5.74) is 0.754. The topological polar surface area (TPSA) is 36.9 Å². The molecule has 1 aromatic rings. The van der Waals surface area contributed by atoms with Gasteiger partial charge < -0.3 is 4.42 Å². The van der Waals surface area contributed by atoms with Gasteiger partial charge in [0.1, 0.15) is 11.2 Å². The van der Waals surface area contributed by atoms with E-state index in [0.29, 0.717) is 0 Å². The van der Waals surface area contributed by atoms with Gasteiger partial charge in [-0.3, -0.25) is 0 Å². The number of hydrogen-bond acceptors (Lipinski definition) is 2. The van der Waals surface area contributed by atoms with Crippen LogP contribution in [0, 0.1) is 18.3 Å². The van der Waals surface area contributed by atoms with E-state index in [2.05, 4.69) is 22.0 Å². The Morgan fingerprint density at radius 2 is 2.31 bits per heavy atom. The molecule has 68 valence electrons. The monoisotopic (exact) mass is 239 g/mol. The molecule has 0 spiro atoms. The van der Waals surface area contributed by atoms with Crippen molar-refractivity contribution in [2.45, 2.75) is 31.6 Å². The first-order valence-electron chi connectivity index (χ1n) is 4.36. The Hall–Kier alpha value is -0.750. The second kappa shape index (κ2) is 2.88. The Balaban J connectivity index is 2.45. The molecule has 0 aromatic carbocycles. The van der Waals surface area contributed by atoms with Crippen molar-refractivity contribution >= 4 is 15.9 Å². The van der Waals surface area contributed by atoms with Gasteiger partial charge in [0.2, 0.25) is 0 Å². The summed E-state index contributed by atoms with van der Waals surface area (Å²) in [5, 5.41) is 9.10. The highest BCUT2D eigenvalue weighted by Crippen LogP contribution is 2.45. The molecule has 0 bridgehead atoms. The van der Waals surface area contributed by atoms with Gasteiger partial charge in [-0.2, -0.15) is 5.26 Å². The number of hydrogen-bond donors (Lipinski definition) is 0. The van der Waals surface area contributed by atoms with Gasteiger partial charge in [-0.25, -0.2) is 0 Å². The van der Waals surface area contributed by atoms with Gasteiger partial charge in [-0.05, 0) is 53.7 Å². The van der Waals surface area contributed by atoms with Crippen molar-refractivity contribution in [3.8, 4) is 6.07 Å². The van der Waals surface area contributed by atoms with Crippen LogP contribution in [0.15, 0.2) is 15.2 Å². The third kappa shape index (κ3) is 1.21. The first-order chi connectivity index (χ1) is 6.18. The molecule has 1 heterocycles. The number of rotatable bonds is 1. The number of aryl methyl sites for hydroxylation is 1. The van der Waals surface area contributed by atoms with Gasteiger partial charge in [0.05, 0.1) is 6.07 Å². The predicted octanol–water partition coefficient (Wildman–Crippen LogP) is 3.30. The first-order valence-corrected chi connectivity index (χ1v) is 5.15. The SMILES string of the molecule is Cc1cc(Br)oc1C1(C#N)CCC1. The van der Waals surface area contributed by atoms with Crippen LogP contribution in [0.1, 0.15) is 30.6 Å². The van der Waals surface area contributed by atoms with E-state index in [1.807, 2.05) is 13.0 Å². The largest absolute Gasteiger partial charge is 0.452 e. The van der Waals surface area contributed by atoms with Gasteiger partial charge in [-0.1, -0.05) is 0 Å². The number of halogens is 1. The summed E-state index contributed by atoms with van der Waals surface area (Å²) in [5.74, 6) is 0.855. The fraction of sp³-hybridized carbons (Fsp3) is 0.500. The zero-order chi connectivity index (χ0) is 9.47. The summed E-state index contributed by atoms with van der Waals surface area (Å²) in [6.07, 6.45) is 3.00. The zero-order valence-electron chi connectivity index (χ0n) is 7.43. The van der Waals surface area contributed by atoms with Gasteiger partial charge in [0.15, 0.2) is 4.67 Å². The van der Waals surface area contributed by atoms with Crippen molar-refractivity contribution in [3.63, 3.8) is 0 Å². The molecule has 3 heteroatoms. The van der Waals surface area contributed by atoms with E-state index in [1.165, 1.54) is 0 Å². The van der Waals surface area contributed by atoms with E-state index in [4.69, 9.17) is 9.68 Å². The van der Waals surface area contributed by atoms with Crippen LogP contribution in [0.4, 0.5) is 0 Å². The molecule has 1 aromatic heterocycles. The lowest BCUT2D eigenvalue weighted by atomic mass is 9.67. The maximum Gasteiger partial charge on any atom is 0.169 e. The average Bonchev–Trinajstić information content (AvgIpc) is 2.30. The molecule has 0 radical (unpaired) electrons. The Labute approximate surface area is 85.7 Å². The second-order valence-corrected chi connectivity index (χ2v) is 4.39. The highest BCUT2D eigenvalue weighted by molar-refractivity contribution is 9.10. The molecule has 0 saturated heterocycles. The minimum absolute atomic E-state index is 0.323. The highest BCUT2D eigenvalue weighted by atomic mass is 79.9. The fourth-order valence-electron chi connectivity index (χ4n) is 1.84. The van der Waals surface area contributed by atoms with Gasteiger partial charge in [0.25, 0.3) is 0 Å². The summed E-state index contributed by atoms with van der Waals surface area (Å²) in [6, 6.07) is 4.29. The van der Waals surface area contributed by atoms with Crippen molar-refractivity contribution in [2.24, 2.45) is 0 Å². The van der Waals surface area contributed by atoms with Crippen LogP contribution >= 0.6 is 15.9 Å². The van der Waals surface area contributed by atoms with Crippen LogP contribution < -0.4 is 0 Å². The smallest absolute Gasteiger partial charge is 0.169 e. The molecule has 1 fully saturated rings. The zero-order valence-corrected chi connectivity index (χ0v) is 9.02. The van der Waals surface area contributed by atoms with E-state index in [1.54, 1.807) is 0 Å². The quantitative estimate of drug-likeness (QED) is 0.755. The van der Waals surface area contributed by atoms with Crippen molar-refractivity contribution in [2.75, 3.05) is 0 Å². The Kier molecular flexibility index (Phi) is 1.96. The number of nitriles is 1. The Morgan fingerprint density at radius 1 is 1.62 bits per heavy atom. The molecule has 1 aliphatic rings. The summed E-state index contributed by atoms with van der Waals surface area (Å²) < 4.78 is 6.23. The molecular formula is C10H10BrNO. The fourth-order valence-corrected chi connectivity index (χ4v) is 2.34. The minimum Gasteiger partial charge on any atom is -0.452 e. The maximum absolute atomic E-state index is 9.10. The lowest BCUT2D eigenvalue weighted by molar-refractivity contribution is 0.263. The Bertz CT molecular complexity index is 371. The van der Waals surface area contributed by atoms with E-state index >= 15 is 0 Å². The maximum atomic E-state index is 9.10. The molecular weight excluding hydrogens is 230 g/mol. The van der Waals surface area contributed by atoms with Crippen molar-refractivity contribution in [1.29, 1.82) is 5.26 Å². The van der Waals surface area contributed by atoms with Crippen LogP contribution in [0.25, 0.3) is 0 Å². The van der Waals surface area contributed by atoms with Gasteiger partial charge >= 0.3 is 0 Å². The molecule has 0 aliphatic heterocycles. The average molecular weight is 240 g/mol. The van der Waals surface area contributed by atoms with Crippen LogP contribution in [0.3, 0.4) is 0 Å². The lowest BCUT2D eigenvalue weighted by Crippen LogP contribution is -2.32. The standard InChI is InChI=1S/C10H10BrNO/c1-7-5-8(11)13-9(7)10(6-12)3-2-4-10/h5H,2-4H2,1H3. The molecule has 2 rings (SSSR count). The van der Waals surface area contributed by atoms with Crippen molar-refractivity contribution in [1.82, 2.24) is 0 Å². The van der Waals surface area contributed by atoms with Crippen LogP contribution in [-0.2, 0) is 5.41 Å². The van der Waals surface area contributed by atoms with Crippen LogP contribution in [0.5, 0.6) is 0 Å². The second-order valence-electron chi connectivity index (χ2n) is 3.61. The highest BCUT2D eigenvalue weighted by Gasteiger charge is 2.43. The summed E-state index contributed by atoms with van der Waals surface area (Å²) in [6.45, 7) is 1.99. The van der Waals surface area contributed by atoms with E-state index in [-0.39, 0.29) is 5.41 Å². The molecule has 13 heavy (non-hydrogen) atoms. The van der Waals surface area contributed by atoms with E-state index < -0.39 is 0 Å². The summed E-state index contributed by atoms with van der Waals surface area (Å²) in [7, 11) is 0. The number of nitrogens with zero attached hydrogens (tertiary/aromatic N) is 1. The van der Waals surface area contributed by atoms with E-state index in [9.17, 15) is 0 Å². The minimum atomic E-state index is -0.323. The predicted molar refractivity (Wildman–Crippen MR) is 52.3 cm³/mol. The summed E-state index contributed by atoms with van der Waals surface area (Å²) in [4.78, 5) is 0. The normalized spacial score (nSPS) is 19.2. The van der Waals surface area contributed by atoms with Gasteiger partial charge in [-0.15, -0.1) is 0 Å². The van der Waals surface area contributed by atoms with Crippen LogP contribution in [-0.4, -0.2) is 0 Å². The molecule has 0 unspecified atom stereocenters.